The van der Waals surface area contributed by atoms with Gasteiger partial charge in [0.15, 0.2) is 0 Å². The quantitative estimate of drug-likeness (QED) is 0.876. The van der Waals surface area contributed by atoms with Crippen LogP contribution in [0.3, 0.4) is 0 Å². The van der Waals surface area contributed by atoms with Gasteiger partial charge in [0, 0.05) is 12.2 Å². The van der Waals surface area contributed by atoms with Gasteiger partial charge in [-0.2, -0.15) is 5.10 Å². The molecule has 1 aromatic heterocycles. The summed E-state index contributed by atoms with van der Waals surface area (Å²) in [6, 6.07) is 8.04. The molecule has 0 spiro atoms. The number of carbonyl (C=O) groups is 1. The standard InChI is InChI=1S/C16H21N3O/c1-11-5-4-6-14(9-11)10-16(20)17-8-7-15-12(2)18-19-13(15)3/h4-6,9H,7-8,10H2,1-3H3,(H,17,20)(H,18,19). The van der Waals surface area contributed by atoms with E-state index in [2.05, 4.69) is 15.5 Å². The average Bonchev–Trinajstić information content (AvgIpc) is 2.70. The molecule has 2 aromatic rings. The molecule has 1 heterocycles. The van der Waals surface area contributed by atoms with E-state index in [1.807, 2.05) is 45.0 Å². The molecule has 0 aliphatic rings. The summed E-state index contributed by atoms with van der Waals surface area (Å²) < 4.78 is 0. The van der Waals surface area contributed by atoms with Crippen molar-refractivity contribution in [3.05, 3.63) is 52.3 Å². The van der Waals surface area contributed by atoms with Crippen LogP contribution in [0.25, 0.3) is 0 Å². The SMILES string of the molecule is Cc1cccc(CC(=O)NCCc2c(C)n[nH]c2C)c1. The number of rotatable bonds is 5. The molecule has 106 valence electrons. The Morgan fingerprint density at radius 3 is 2.75 bits per heavy atom. The third-order valence-electron chi connectivity index (χ3n) is 3.43. The molecule has 0 saturated heterocycles. The maximum atomic E-state index is 11.9. The Hall–Kier alpha value is -2.10. The minimum Gasteiger partial charge on any atom is -0.355 e. The van der Waals surface area contributed by atoms with Crippen molar-refractivity contribution in [3.63, 3.8) is 0 Å². The van der Waals surface area contributed by atoms with E-state index in [1.54, 1.807) is 0 Å². The van der Waals surface area contributed by atoms with Crippen LogP contribution in [0, 0.1) is 20.8 Å². The van der Waals surface area contributed by atoms with Gasteiger partial charge in [0.1, 0.15) is 0 Å². The molecule has 4 nitrogen and oxygen atoms in total. The van der Waals surface area contributed by atoms with E-state index in [-0.39, 0.29) is 5.91 Å². The summed E-state index contributed by atoms with van der Waals surface area (Å²) in [5, 5.41) is 10.1. The predicted octanol–water partition coefficient (Wildman–Crippen LogP) is 2.24. The number of aromatic nitrogens is 2. The third kappa shape index (κ3) is 3.70. The number of nitrogens with one attached hydrogen (secondary N) is 2. The van der Waals surface area contributed by atoms with Gasteiger partial charge < -0.3 is 5.32 Å². The van der Waals surface area contributed by atoms with Crippen LogP contribution in [0.4, 0.5) is 0 Å². The molecule has 0 atom stereocenters. The molecule has 2 N–H and O–H groups in total. The maximum absolute atomic E-state index is 11.9. The zero-order valence-corrected chi connectivity index (χ0v) is 12.3. The summed E-state index contributed by atoms with van der Waals surface area (Å²) in [5.41, 5.74) is 5.52. The number of amides is 1. The Bertz CT molecular complexity index is 582. The minimum absolute atomic E-state index is 0.0643. The van der Waals surface area contributed by atoms with Gasteiger partial charge in [0.25, 0.3) is 0 Å². The molecule has 1 aromatic carbocycles. The molecule has 0 aliphatic heterocycles. The zero-order valence-electron chi connectivity index (χ0n) is 12.3. The molecule has 1 amide bonds. The Morgan fingerprint density at radius 1 is 1.30 bits per heavy atom. The lowest BCUT2D eigenvalue weighted by Crippen LogP contribution is -2.27. The number of aromatic amines is 1. The zero-order chi connectivity index (χ0) is 14.5. The minimum atomic E-state index is 0.0643. The lowest BCUT2D eigenvalue weighted by Gasteiger charge is -2.06. The fraction of sp³-hybridized carbons (Fsp3) is 0.375. The smallest absolute Gasteiger partial charge is 0.224 e. The molecule has 0 aliphatic carbocycles. The van der Waals surface area contributed by atoms with E-state index in [9.17, 15) is 4.79 Å². The second-order valence-electron chi connectivity index (χ2n) is 5.18. The van der Waals surface area contributed by atoms with Crippen LogP contribution >= 0.6 is 0 Å². The lowest BCUT2D eigenvalue weighted by molar-refractivity contribution is -0.120. The second-order valence-corrected chi connectivity index (χ2v) is 5.18. The number of aryl methyl sites for hydroxylation is 3. The summed E-state index contributed by atoms with van der Waals surface area (Å²) in [7, 11) is 0. The first kappa shape index (κ1) is 14.3. The van der Waals surface area contributed by atoms with Gasteiger partial charge in [-0.25, -0.2) is 0 Å². The van der Waals surface area contributed by atoms with Crippen LogP contribution in [0.5, 0.6) is 0 Å². The topological polar surface area (TPSA) is 57.8 Å². The van der Waals surface area contributed by atoms with Gasteiger partial charge in [-0.3, -0.25) is 9.89 Å². The van der Waals surface area contributed by atoms with Crippen molar-refractivity contribution in [1.29, 1.82) is 0 Å². The summed E-state index contributed by atoms with van der Waals surface area (Å²) in [6.45, 7) is 6.66. The highest BCUT2D eigenvalue weighted by atomic mass is 16.1. The van der Waals surface area contributed by atoms with E-state index in [1.165, 1.54) is 11.1 Å². The Balaban J connectivity index is 1.81. The van der Waals surface area contributed by atoms with Crippen LogP contribution in [0.2, 0.25) is 0 Å². The van der Waals surface area contributed by atoms with Crippen LogP contribution in [-0.2, 0) is 17.6 Å². The molecule has 0 fully saturated rings. The lowest BCUT2D eigenvalue weighted by atomic mass is 10.1. The van der Waals surface area contributed by atoms with E-state index >= 15 is 0 Å². The van der Waals surface area contributed by atoms with Gasteiger partial charge in [-0.15, -0.1) is 0 Å². The number of hydrogen-bond acceptors (Lipinski definition) is 2. The highest BCUT2D eigenvalue weighted by molar-refractivity contribution is 5.78. The predicted molar refractivity (Wildman–Crippen MR) is 79.7 cm³/mol. The van der Waals surface area contributed by atoms with Gasteiger partial charge in [-0.05, 0) is 38.3 Å². The number of carbonyl (C=O) groups excluding carboxylic acids is 1. The van der Waals surface area contributed by atoms with Gasteiger partial charge >= 0.3 is 0 Å². The van der Waals surface area contributed by atoms with Gasteiger partial charge in [0.2, 0.25) is 5.91 Å². The van der Waals surface area contributed by atoms with Crippen molar-refractivity contribution in [2.75, 3.05) is 6.54 Å². The average molecular weight is 271 g/mol. The van der Waals surface area contributed by atoms with E-state index in [4.69, 9.17) is 0 Å². The molecular formula is C16H21N3O. The monoisotopic (exact) mass is 271 g/mol. The fourth-order valence-corrected chi connectivity index (χ4v) is 2.34. The van der Waals surface area contributed by atoms with Crippen molar-refractivity contribution < 1.29 is 4.79 Å². The third-order valence-corrected chi connectivity index (χ3v) is 3.43. The molecule has 0 saturated carbocycles. The van der Waals surface area contributed by atoms with E-state index in [0.717, 1.165) is 23.4 Å². The van der Waals surface area contributed by atoms with Gasteiger partial charge in [-0.1, -0.05) is 29.8 Å². The fourth-order valence-electron chi connectivity index (χ4n) is 2.34. The summed E-state index contributed by atoms with van der Waals surface area (Å²) >= 11 is 0. The van der Waals surface area contributed by atoms with Crippen molar-refractivity contribution in [2.24, 2.45) is 0 Å². The summed E-state index contributed by atoms with van der Waals surface area (Å²) in [4.78, 5) is 11.9. The highest BCUT2D eigenvalue weighted by Crippen LogP contribution is 2.09. The molecule has 0 unspecified atom stereocenters. The Morgan fingerprint density at radius 2 is 2.10 bits per heavy atom. The normalized spacial score (nSPS) is 10.6. The molecule has 4 heteroatoms. The van der Waals surface area contributed by atoms with E-state index < -0.39 is 0 Å². The summed E-state index contributed by atoms with van der Waals surface area (Å²) in [5.74, 6) is 0.0643. The maximum Gasteiger partial charge on any atom is 0.224 e. The van der Waals surface area contributed by atoms with Crippen molar-refractivity contribution >= 4 is 5.91 Å². The number of nitrogens with zero attached hydrogens (tertiary/aromatic N) is 1. The van der Waals surface area contributed by atoms with Crippen LogP contribution in [0.1, 0.15) is 28.1 Å². The molecular weight excluding hydrogens is 250 g/mol. The number of benzene rings is 1. The van der Waals surface area contributed by atoms with Crippen molar-refractivity contribution in [3.8, 4) is 0 Å². The number of H-pyrrole nitrogens is 1. The van der Waals surface area contributed by atoms with Crippen LogP contribution in [-0.4, -0.2) is 22.6 Å². The van der Waals surface area contributed by atoms with Crippen LogP contribution in [0.15, 0.2) is 24.3 Å². The highest BCUT2D eigenvalue weighted by Gasteiger charge is 2.07. The molecule has 2 rings (SSSR count). The van der Waals surface area contributed by atoms with E-state index in [0.29, 0.717) is 13.0 Å². The van der Waals surface area contributed by atoms with Crippen molar-refractivity contribution in [1.82, 2.24) is 15.5 Å². The first-order valence-electron chi connectivity index (χ1n) is 6.89. The molecule has 0 bridgehead atoms. The first-order valence-corrected chi connectivity index (χ1v) is 6.89. The Kier molecular flexibility index (Phi) is 4.56. The summed E-state index contributed by atoms with van der Waals surface area (Å²) in [6.07, 6.45) is 1.25. The van der Waals surface area contributed by atoms with Crippen LogP contribution < -0.4 is 5.32 Å². The number of hydrogen-bond donors (Lipinski definition) is 2. The molecule has 0 radical (unpaired) electrons. The largest absolute Gasteiger partial charge is 0.355 e. The van der Waals surface area contributed by atoms with Gasteiger partial charge in [0.05, 0.1) is 12.1 Å². The van der Waals surface area contributed by atoms with Crippen molar-refractivity contribution in [2.45, 2.75) is 33.6 Å². The Labute approximate surface area is 119 Å². The molecule has 20 heavy (non-hydrogen) atoms. The second kappa shape index (κ2) is 6.37. The first-order chi connectivity index (χ1) is 9.56.